The maximum atomic E-state index is 11.4. The molecule has 0 saturated carbocycles. The monoisotopic (exact) mass is 603 g/mol. The second-order valence-corrected chi connectivity index (χ2v) is 10.8. The number of nitrogens with one attached hydrogen (secondary N) is 1. The van der Waals surface area contributed by atoms with Crippen LogP contribution in [-0.4, -0.2) is 85.7 Å². The van der Waals surface area contributed by atoms with Gasteiger partial charge in [-0.05, 0) is 43.3 Å². The summed E-state index contributed by atoms with van der Waals surface area (Å²) in [5.41, 5.74) is 1.85. The molecule has 220 valence electrons. The Morgan fingerprint density at radius 2 is 1.95 bits per heavy atom. The quantitative estimate of drug-likeness (QED) is 0.345. The number of aromatic nitrogens is 2. The van der Waals surface area contributed by atoms with Gasteiger partial charge in [-0.2, -0.15) is 0 Å². The Hall–Kier alpha value is -3.02. The van der Waals surface area contributed by atoms with Crippen LogP contribution in [0.1, 0.15) is 12.5 Å². The van der Waals surface area contributed by atoms with E-state index in [0.29, 0.717) is 48.5 Å². The van der Waals surface area contributed by atoms with E-state index >= 15 is 0 Å². The SMILES string of the molecule is CCNC(=O)OCCN1CCN(c2ccc(OCC3COC(Cn4ccnc4)(c4ccc(Cl)cc4Cl)O3)cc2)CC1. The van der Waals surface area contributed by atoms with Gasteiger partial charge in [0.05, 0.1) is 24.5 Å². The van der Waals surface area contributed by atoms with Crippen LogP contribution in [0, 0.1) is 0 Å². The van der Waals surface area contributed by atoms with Gasteiger partial charge in [0.25, 0.3) is 0 Å². The van der Waals surface area contributed by atoms with Crippen molar-refractivity contribution in [1.29, 1.82) is 0 Å². The third-order valence-corrected chi connectivity index (χ3v) is 7.67. The number of ether oxygens (including phenoxy) is 4. The zero-order valence-electron chi connectivity index (χ0n) is 23.0. The third-order valence-electron chi connectivity index (χ3n) is 7.12. The van der Waals surface area contributed by atoms with E-state index in [2.05, 4.69) is 32.2 Å². The Labute approximate surface area is 250 Å². The van der Waals surface area contributed by atoms with Crippen molar-refractivity contribution in [2.75, 3.05) is 64.0 Å². The lowest BCUT2D eigenvalue weighted by Crippen LogP contribution is -2.47. The Morgan fingerprint density at radius 1 is 1.15 bits per heavy atom. The second kappa shape index (κ2) is 13.8. The Balaban J connectivity index is 1.12. The van der Waals surface area contributed by atoms with Gasteiger partial charge in [-0.25, -0.2) is 9.78 Å². The van der Waals surface area contributed by atoms with Gasteiger partial charge in [0, 0.05) is 67.9 Å². The number of alkyl carbamates (subject to hydrolysis) is 1. The fourth-order valence-corrected chi connectivity index (χ4v) is 5.56. The van der Waals surface area contributed by atoms with Crippen LogP contribution in [0.5, 0.6) is 5.75 Å². The maximum Gasteiger partial charge on any atom is 0.407 e. The Kier molecular flexibility index (Phi) is 9.89. The molecule has 3 aromatic rings. The van der Waals surface area contributed by atoms with Crippen molar-refractivity contribution >= 4 is 35.0 Å². The highest BCUT2D eigenvalue weighted by Gasteiger charge is 2.45. The van der Waals surface area contributed by atoms with Crippen molar-refractivity contribution < 1.29 is 23.7 Å². The smallest absolute Gasteiger partial charge is 0.407 e. The predicted molar refractivity (Wildman–Crippen MR) is 157 cm³/mol. The molecule has 2 unspecified atom stereocenters. The van der Waals surface area contributed by atoms with E-state index in [1.54, 1.807) is 24.7 Å². The van der Waals surface area contributed by atoms with Crippen LogP contribution in [0.15, 0.2) is 61.2 Å². The summed E-state index contributed by atoms with van der Waals surface area (Å²) in [5.74, 6) is -0.327. The van der Waals surface area contributed by atoms with Gasteiger partial charge < -0.3 is 33.7 Å². The maximum absolute atomic E-state index is 11.4. The Bertz CT molecular complexity index is 1270. The van der Waals surface area contributed by atoms with E-state index in [1.807, 2.05) is 35.9 Å². The molecular formula is C29H35Cl2N5O5. The topological polar surface area (TPSA) is 90.3 Å². The number of anilines is 1. The number of carbonyl (C=O) groups excluding carboxylic acids is 1. The molecular weight excluding hydrogens is 569 g/mol. The number of hydrogen-bond donors (Lipinski definition) is 1. The summed E-state index contributed by atoms with van der Waals surface area (Å²) in [6, 6.07) is 13.4. The summed E-state index contributed by atoms with van der Waals surface area (Å²) in [4.78, 5) is 20.2. The number of amides is 1. The van der Waals surface area contributed by atoms with Crippen LogP contribution in [0.4, 0.5) is 10.5 Å². The number of hydrogen-bond acceptors (Lipinski definition) is 8. The van der Waals surface area contributed by atoms with Gasteiger partial charge in [-0.1, -0.05) is 29.3 Å². The van der Waals surface area contributed by atoms with Crippen LogP contribution in [0.2, 0.25) is 10.0 Å². The van der Waals surface area contributed by atoms with Gasteiger partial charge in [0.1, 0.15) is 25.1 Å². The van der Waals surface area contributed by atoms with Crippen molar-refractivity contribution in [3.05, 3.63) is 76.8 Å². The first kappa shape index (κ1) is 29.5. The normalized spacial score (nSPS) is 21.1. The third kappa shape index (κ3) is 7.64. The highest BCUT2D eigenvalue weighted by Crippen LogP contribution is 2.40. The standard InChI is InChI=1S/C29H35Cl2N5O5/c1-2-33-28(37)38-16-15-34-11-13-36(14-12-34)23-4-6-24(7-5-23)39-18-25-19-40-29(41-25,20-35-10-9-32-21-35)26-8-3-22(30)17-27(26)31/h3-10,17,21,25H,2,11-16,18-20H2,1H3,(H,33,37). The van der Waals surface area contributed by atoms with E-state index in [4.69, 9.17) is 42.1 Å². The highest BCUT2D eigenvalue weighted by atomic mass is 35.5. The molecule has 10 nitrogen and oxygen atoms in total. The molecule has 0 aliphatic carbocycles. The van der Waals surface area contributed by atoms with Crippen molar-refractivity contribution in [2.24, 2.45) is 0 Å². The van der Waals surface area contributed by atoms with Crippen LogP contribution in [0.25, 0.3) is 0 Å². The number of rotatable bonds is 11. The number of benzene rings is 2. The molecule has 0 radical (unpaired) electrons. The first-order valence-corrected chi connectivity index (χ1v) is 14.5. The van der Waals surface area contributed by atoms with Crippen LogP contribution in [-0.2, 0) is 26.5 Å². The van der Waals surface area contributed by atoms with Crippen molar-refractivity contribution in [1.82, 2.24) is 19.8 Å². The summed E-state index contributed by atoms with van der Waals surface area (Å²) < 4.78 is 25.9. The number of nitrogens with zero attached hydrogens (tertiary/aromatic N) is 4. The molecule has 1 N–H and O–H groups in total. The fourth-order valence-electron chi connectivity index (χ4n) is 5.01. The van der Waals surface area contributed by atoms with E-state index in [0.717, 1.165) is 44.2 Å². The Morgan fingerprint density at radius 3 is 2.66 bits per heavy atom. The minimum atomic E-state index is -1.09. The van der Waals surface area contributed by atoms with Crippen molar-refractivity contribution in [3.8, 4) is 5.75 Å². The molecule has 41 heavy (non-hydrogen) atoms. The van der Waals surface area contributed by atoms with Gasteiger partial charge in [0.2, 0.25) is 5.79 Å². The van der Waals surface area contributed by atoms with E-state index in [-0.39, 0.29) is 12.2 Å². The molecule has 2 aliphatic rings. The zero-order chi connectivity index (χ0) is 28.7. The molecule has 2 aromatic carbocycles. The van der Waals surface area contributed by atoms with Gasteiger partial charge >= 0.3 is 6.09 Å². The fraction of sp³-hybridized carbons (Fsp3) is 0.448. The minimum absolute atomic E-state index is 0.296. The molecule has 2 saturated heterocycles. The summed E-state index contributed by atoms with van der Waals surface area (Å²) in [7, 11) is 0. The number of carbonyl (C=O) groups is 1. The molecule has 1 aromatic heterocycles. The van der Waals surface area contributed by atoms with E-state index in [9.17, 15) is 4.79 Å². The molecule has 2 aliphatic heterocycles. The van der Waals surface area contributed by atoms with Gasteiger partial charge in [-0.15, -0.1) is 0 Å². The average molecular weight is 605 g/mol. The van der Waals surface area contributed by atoms with Gasteiger partial charge in [0.15, 0.2) is 0 Å². The summed E-state index contributed by atoms with van der Waals surface area (Å²) in [6.45, 7) is 8.25. The molecule has 2 fully saturated rings. The lowest BCUT2D eigenvalue weighted by molar-refractivity contribution is -0.189. The highest BCUT2D eigenvalue weighted by molar-refractivity contribution is 6.35. The van der Waals surface area contributed by atoms with Crippen molar-refractivity contribution in [2.45, 2.75) is 25.4 Å². The molecule has 5 rings (SSSR count). The molecule has 12 heteroatoms. The van der Waals surface area contributed by atoms with Crippen molar-refractivity contribution in [3.63, 3.8) is 0 Å². The second-order valence-electron chi connectivity index (χ2n) is 9.96. The summed E-state index contributed by atoms with van der Waals surface area (Å²) in [6.07, 6.45) is 4.62. The van der Waals surface area contributed by atoms with Gasteiger partial charge in [-0.3, -0.25) is 4.90 Å². The van der Waals surface area contributed by atoms with Crippen LogP contribution >= 0.6 is 23.2 Å². The average Bonchev–Trinajstić information content (AvgIpc) is 3.63. The predicted octanol–water partition coefficient (Wildman–Crippen LogP) is 4.41. The number of imidazole rings is 1. The summed E-state index contributed by atoms with van der Waals surface area (Å²) >= 11 is 12.7. The molecule has 3 heterocycles. The number of halogens is 2. The molecule has 2 atom stereocenters. The summed E-state index contributed by atoms with van der Waals surface area (Å²) in [5, 5.41) is 3.66. The number of piperazine rings is 1. The zero-order valence-corrected chi connectivity index (χ0v) is 24.5. The lowest BCUT2D eigenvalue weighted by atomic mass is 10.1. The molecule has 1 amide bonds. The molecule has 0 bridgehead atoms. The minimum Gasteiger partial charge on any atom is -0.491 e. The van der Waals surface area contributed by atoms with E-state index in [1.165, 1.54) is 0 Å². The van der Waals surface area contributed by atoms with Crippen LogP contribution < -0.4 is 15.0 Å². The first-order chi connectivity index (χ1) is 19.9. The lowest BCUT2D eigenvalue weighted by Gasteiger charge is -2.36. The molecule has 0 spiro atoms. The first-order valence-electron chi connectivity index (χ1n) is 13.8. The van der Waals surface area contributed by atoms with E-state index < -0.39 is 5.79 Å². The largest absolute Gasteiger partial charge is 0.491 e. The van der Waals surface area contributed by atoms with Crippen LogP contribution in [0.3, 0.4) is 0 Å².